The van der Waals surface area contributed by atoms with Crippen molar-refractivity contribution >= 4 is 5.91 Å². The van der Waals surface area contributed by atoms with Crippen LogP contribution in [0, 0.1) is 0 Å². The zero-order chi connectivity index (χ0) is 15.7. The maximum Gasteiger partial charge on any atom is 0.416 e. The molecule has 1 unspecified atom stereocenters. The standard InChI is InChI=1S/C12H9F6NO/c1-6(10(19)20)9(12(16,17)18)7-3-2-4-8(5-7)11(13,14)15/h2-5,9H,1H2,(H2,19,20). The van der Waals surface area contributed by atoms with E-state index in [9.17, 15) is 31.1 Å². The molecule has 0 bridgehead atoms. The minimum atomic E-state index is -4.98. The Morgan fingerprint density at radius 3 is 2.10 bits per heavy atom. The van der Waals surface area contributed by atoms with Crippen LogP contribution in [-0.4, -0.2) is 12.1 Å². The molecule has 1 rings (SSSR count). The third kappa shape index (κ3) is 3.52. The first-order valence-corrected chi connectivity index (χ1v) is 5.17. The molecule has 1 atom stereocenters. The van der Waals surface area contributed by atoms with Gasteiger partial charge in [0.15, 0.2) is 0 Å². The fourth-order valence-electron chi connectivity index (χ4n) is 1.62. The van der Waals surface area contributed by atoms with Crippen molar-refractivity contribution in [2.75, 3.05) is 0 Å². The summed E-state index contributed by atoms with van der Waals surface area (Å²) >= 11 is 0. The Morgan fingerprint density at radius 1 is 1.15 bits per heavy atom. The second-order valence-corrected chi connectivity index (χ2v) is 3.99. The van der Waals surface area contributed by atoms with Crippen LogP contribution in [0.15, 0.2) is 36.4 Å². The van der Waals surface area contributed by atoms with Crippen LogP contribution in [0.4, 0.5) is 26.3 Å². The van der Waals surface area contributed by atoms with Crippen LogP contribution in [0.5, 0.6) is 0 Å². The van der Waals surface area contributed by atoms with Crippen LogP contribution in [-0.2, 0) is 11.0 Å². The molecule has 0 saturated heterocycles. The van der Waals surface area contributed by atoms with Crippen LogP contribution in [0.3, 0.4) is 0 Å². The van der Waals surface area contributed by atoms with E-state index in [0.29, 0.717) is 12.1 Å². The van der Waals surface area contributed by atoms with Crippen molar-refractivity contribution in [3.8, 4) is 0 Å². The number of carbonyl (C=O) groups excluding carboxylic acids is 1. The van der Waals surface area contributed by atoms with Gasteiger partial charge in [-0.05, 0) is 11.6 Å². The molecule has 110 valence electrons. The summed E-state index contributed by atoms with van der Waals surface area (Å²) in [6.45, 7) is 2.91. The first-order chi connectivity index (χ1) is 8.94. The first-order valence-electron chi connectivity index (χ1n) is 5.17. The maximum atomic E-state index is 12.9. The fraction of sp³-hybridized carbons (Fsp3) is 0.250. The van der Waals surface area contributed by atoms with Gasteiger partial charge in [-0.15, -0.1) is 0 Å². The van der Waals surface area contributed by atoms with Gasteiger partial charge in [0.25, 0.3) is 0 Å². The summed E-state index contributed by atoms with van der Waals surface area (Å²) in [5.41, 5.74) is 1.73. The van der Waals surface area contributed by atoms with E-state index in [0.717, 1.165) is 12.1 Å². The molecular weight excluding hydrogens is 288 g/mol. The lowest BCUT2D eigenvalue weighted by Crippen LogP contribution is -2.29. The zero-order valence-corrected chi connectivity index (χ0v) is 9.85. The topological polar surface area (TPSA) is 43.1 Å². The molecule has 0 spiro atoms. The lowest BCUT2D eigenvalue weighted by molar-refractivity contribution is -0.146. The average molecular weight is 297 g/mol. The van der Waals surface area contributed by atoms with E-state index in [2.05, 4.69) is 6.58 Å². The molecule has 1 aromatic rings. The number of hydrogen-bond acceptors (Lipinski definition) is 1. The van der Waals surface area contributed by atoms with Crippen molar-refractivity contribution in [3.63, 3.8) is 0 Å². The van der Waals surface area contributed by atoms with Gasteiger partial charge in [-0.1, -0.05) is 24.8 Å². The molecule has 20 heavy (non-hydrogen) atoms. The van der Waals surface area contributed by atoms with Gasteiger partial charge in [0, 0.05) is 5.57 Å². The van der Waals surface area contributed by atoms with E-state index in [1.165, 1.54) is 0 Å². The second kappa shape index (κ2) is 5.18. The van der Waals surface area contributed by atoms with Crippen LogP contribution in [0.2, 0.25) is 0 Å². The Labute approximate surface area is 109 Å². The SMILES string of the molecule is C=C(C(N)=O)C(c1cccc(C(F)(F)F)c1)C(F)(F)F. The summed E-state index contributed by atoms with van der Waals surface area (Å²) in [7, 11) is 0. The van der Waals surface area contributed by atoms with E-state index in [-0.39, 0.29) is 0 Å². The Balaban J connectivity index is 3.36. The van der Waals surface area contributed by atoms with Crippen LogP contribution in [0.1, 0.15) is 17.0 Å². The molecule has 1 amide bonds. The third-order valence-corrected chi connectivity index (χ3v) is 2.54. The molecule has 0 aliphatic rings. The number of benzene rings is 1. The van der Waals surface area contributed by atoms with Gasteiger partial charge in [0.2, 0.25) is 5.91 Å². The molecule has 0 radical (unpaired) electrons. The van der Waals surface area contributed by atoms with Crippen LogP contribution in [0.25, 0.3) is 0 Å². The Bertz CT molecular complexity index is 531. The van der Waals surface area contributed by atoms with Gasteiger partial charge in [0.1, 0.15) is 5.92 Å². The van der Waals surface area contributed by atoms with Gasteiger partial charge in [0.05, 0.1) is 5.56 Å². The number of hydrogen-bond donors (Lipinski definition) is 1. The van der Waals surface area contributed by atoms with Gasteiger partial charge in [-0.2, -0.15) is 26.3 Å². The predicted molar refractivity (Wildman–Crippen MR) is 58.6 cm³/mol. The number of primary amides is 1. The molecule has 0 aliphatic carbocycles. The number of alkyl halides is 6. The van der Waals surface area contributed by atoms with E-state index >= 15 is 0 Å². The monoisotopic (exact) mass is 297 g/mol. The summed E-state index contributed by atoms with van der Waals surface area (Å²) in [5, 5.41) is 0. The summed E-state index contributed by atoms with van der Waals surface area (Å²) in [5.74, 6) is -3.99. The summed E-state index contributed by atoms with van der Waals surface area (Å²) < 4.78 is 76.2. The highest BCUT2D eigenvalue weighted by atomic mass is 19.4. The Hall–Kier alpha value is -1.99. The molecule has 1 aromatic carbocycles. The van der Waals surface area contributed by atoms with Crippen LogP contribution < -0.4 is 5.73 Å². The lowest BCUT2D eigenvalue weighted by Gasteiger charge is -2.22. The number of carbonyl (C=O) groups is 1. The molecular formula is C12H9F6NO. The lowest BCUT2D eigenvalue weighted by atomic mass is 9.90. The highest BCUT2D eigenvalue weighted by molar-refractivity contribution is 5.93. The zero-order valence-electron chi connectivity index (χ0n) is 9.85. The van der Waals surface area contributed by atoms with Crippen LogP contribution >= 0.6 is 0 Å². The van der Waals surface area contributed by atoms with E-state index < -0.39 is 40.9 Å². The predicted octanol–water partition coefficient (Wildman–Crippen LogP) is 3.39. The van der Waals surface area contributed by atoms with Crippen molar-refractivity contribution in [1.82, 2.24) is 0 Å². The first kappa shape index (κ1) is 16.1. The van der Waals surface area contributed by atoms with E-state index in [4.69, 9.17) is 5.73 Å². The highest BCUT2D eigenvalue weighted by Gasteiger charge is 2.44. The van der Waals surface area contributed by atoms with Crippen molar-refractivity contribution in [3.05, 3.63) is 47.5 Å². The molecule has 2 N–H and O–H groups in total. The number of amides is 1. The van der Waals surface area contributed by atoms with Gasteiger partial charge < -0.3 is 5.73 Å². The van der Waals surface area contributed by atoms with Crippen molar-refractivity contribution in [2.24, 2.45) is 5.73 Å². The summed E-state index contributed by atoms with van der Waals surface area (Å²) in [6.07, 6.45) is -9.77. The van der Waals surface area contributed by atoms with Crippen molar-refractivity contribution in [1.29, 1.82) is 0 Å². The fourth-order valence-corrected chi connectivity index (χ4v) is 1.62. The number of nitrogens with two attached hydrogens (primary N) is 1. The molecule has 0 saturated carbocycles. The van der Waals surface area contributed by atoms with Gasteiger partial charge in [-0.25, -0.2) is 0 Å². The largest absolute Gasteiger partial charge is 0.416 e. The summed E-state index contributed by atoms with van der Waals surface area (Å²) in [6, 6.07) is 2.61. The molecule has 0 fully saturated rings. The Kier molecular flexibility index (Phi) is 4.16. The van der Waals surface area contributed by atoms with E-state index in [1.54, 1.807) is 0 Å². The molecule has 0 heterocycles. The highest BCUT2D eigenvalue weighted by Crippen LogP contribution is 2.41. The normalized spacial score (nSPS) is 13.9. The summed E-state index contributed by atoms with van der Waals surface area (Å²) in [4.78, 5) is 10.8. The Morgan fingerprint density at radius 2 is 1.70 bits per heavy atom. The molecule has 0 aromatic heterocycles. The van der Waals surface area contributed by atoms with Gasteiger partial charge >= 0.3 is 12.4 Å². The molecule has 2 nitrogen and oxygen atoms in total. The average Bonchev–Trinajstić information content (AvgIpc) is 2.26. The van der Waals surface area contributed by atoms with Crippen molar-refractivity contribution < 1.29 is 31.1 Å². The molecule has 0 aliphatic heterocycles. The number of rotatable bonds is 3. The third-order valence-electron chi connectivity index (χ3n) is 2.54. The van der Waals surface area contributed by atoms with Gasteiger partial charge in [-0.3, -0.25) is 4.79 Å². The smallest absolute Gasteiger partial charge is 0.366 e. The number of halogens is 6. The molecule has 8 heteroatoms. The maximum absolute atomic E-state index is 12.9. The minimum Gasteiger partial charge on any atom is -0.366 e. The van der Waals surface area contributed by atoms with Crippen molar-refractivity contribution in [2.45, 2.75) is 18.3 Å². The second-order valence-electron chi connectivity index (χ2n) is 3.99. The van der Waals surface area contributed by atoms with E-state index in [1.807, 2.05) is 0 Å². The minimum absolute atomic E-state index is 0.326. The quantitative estimate of drug-likeness (QED) is 0.674.